The van der Waals surface area contributed by atoms with Crippen LogP contribution in [0.25, 0.3) is 0 Å². The third-order valence-electron chi connectivity index (χ3n) is 4.02. The van der Waals surface area contributed by atoms with Gasteiger partial charge in [-0.15, -0.1) is 10.2 Å². The molecule has 0 aliphatic rings. The Hall–Kier alpha value is -3.41. The molecule has 0 saturated heterocycles. The van der Waals surface area contributed by atoms with E-state index in [0.717, 1.165) is 23.0 Å². The van der Waals surface area contributed by atoms with Crippen LogP contribution >= 0.6 is 11.3 Å². The van der Waals surface area contributed by atoms with Gasteiger partial charge >= 0.3 is 12.2 Å². The average molecular weight is 456 g/mol. The summed E-state index contributed by atoms with van der Waals surface area (Å²) in [5.74, 6) is -0.292. The number of halogens is 4. The largest absolute Gasteiger partial charge is 0.493 e. The lowest BCUT2D eigenvalue weighted by atomic mass is 10.1. The Morgan fingerprint density at radius 2 is 1.77 bits per heavy atom. The fraction of sp³-hybridized carbons (Fsp3) is 0.211. The first-order valence-electron chi connectivity index (χ1n) is 8.67. The van der Waals surface area contributed by atoms with Gasteiger partial charge in [-0.2, -0.15) is 13.2 Å². The van der Waals surface area contributed by atoms with Gasteiger partial charge in [0.15, 0.2) is 11.5 Å². The van der Waals surface area contributed by atoms with Gasteiger partial charge < -0.3 is 14.8 Å². The highest BCUT2D eigenvalue weighted by atomic mass is 32.1. The quantitative estimate of drug-likeness (QED) is 0.513. The van der Waals surface area contributed by atoms with Crippen LogP contribution in [-0.4, -0.2) is 30.4 Å². The Morgan fingerprint density at radius 3 is 2.45 bits per heavy atom. The van der Waals surface area contributed by atoms with Gasteiger partial charge in [-0.05, 0) is 35.9 Å². The van der Waals surface area contributed by atoms with E-state index in [9.17, 15) is 22.4 Å². The Labute approximate surface area is 178 Å². The molecule has 0 radical (unpaired) electrons. The van der Waals surface area contributed by atoms with Crippen molar-refractivity contribution in [1.29, 1.82) is 0 Å². The number of hydrogen-bond acceptors (Lipinski definition) is 6. The molecule has 0 unspecified atom stereocenters. The zero-order valence-corrected chi connectivity index (χ0v) is 17.0. The minimum Gasteiger partial charge on any atom is -0.493 e. The van der Waals surface area contributed by atoms with Crippen molar-refractivity contribution in [2.45, 2.75) is 12.6 Å². The van der Waals surface area contributed by atoms with Gasteiger partial charge in [0.2, 0.25) is 5.13 Å². The molecule has 1 heterocycles. The van der Waals surface area contributed by atoms with E-state index < -0.39 is 23.6 Å². The summed E-state index contributed by atoms with van der Waals surface area (Å²) in [6, 6.07) is 6.69. The first-order chi connectivity index (χ1) is 14.7. The number of urea groups is 1. The highest BCUT2D eigenvalue weighted by Gasteiger charge is 2.34. The second-order valence-corrected chi connectivity index (χ2v) is 7.20. The number of anilines is 2. The number of carbonyl (C=O) groups excluding carboxylic acids is 1. The summed E-state index contributed by atoms with van der Waals surface area (Å²) in [6.07, 6.45) is -4.47. The van der Waals surface area contributed by atoms with Crippen molar-refractivity contribution in [3.8, 4) is 11.5 Å². The summed E-state index contributed by atoms with van der Waals surface area (Å²) >= 11 is 1.09. The lowest BCUT2D eigenvalue weighted by molar-refractivity contribution is -0.139. The summed E-state index contributed by atoms with van der Waals surface area (Å²) in [4.78, 5) is 12.1. The van der Waals surface area contributed by atoms with Crippen molar-refractivity contribution in [1.82, 2.24) is 10.2 Å². The van der Waals surface area contributed by atoms with Crippen LogP contribution in [0.5, 0.6) is 11.5 Å². The number of alkyl halides is 3. The van der Waals surface area contributed by atoms with Crippen LogP contribution in [0.1, 0.15) is 16.1 Å². The molecule has 1 aromatic heterocycles. The molecular weight excluding hydrogens is 440 g/mol. The molecule has 12 heteroatoms. The van der Waals surface area contributed by atoms with Gasteiger partial charge in [0, 0.05) is 12.1 Å². The minimum atomic E-state index is -4.88. The third kappa shape index (κ3) is 5.60. The van der Waals surface area contributed by atoms with Crippen molar-refractivity contribution in [2.75, 3.05) is 24.9 Å². The molecule has 7 nitrogen and oxygen atoms in total. The van der Waals surface area contributed by atoms with Crippen molar-refractivity contribution in [3.63, 3.8) is 0 Å². The summed E-state index contributed by atoms with van der Waals surface area (Å²) in [7, 11) is 3.05. The molecular formula is C19H16F4N4O3S. The smallest absolute Gasteiger partial charge is 0.419 e. The normalized spacial score (nSPS) is 11.2. The monoisotopic (exact) mass is 456 g/mol. The van der Waals surface area contributed by atoms with Gasteiger partial charge in [0.05, 0.1) is 19.8 Å². The van der Waals surface area contributed by atoms with Crippen LogP contribution in [0.3, 0.4) is 0 Å². The zero-order chi connectivity index (χ0) is 22.6. The summed E-state index contributed by atoms with van der Waals surface area (Å²) in [5.41, 5.74) is -0.824. The Balaban J connectivity index is 1.64. The van der Waals surface area contributed by atoms with E-state index in [1.165, 1.54) is 14.2 Å². The second-order valence-electron chi connectivity index (χ2n) is 6.14. The SMILES string of the molecule is COc1ccc(Cc2nnc(NC(=O)Nc3ccc(F)c(C(F)(F)F)c3)s2)cc1OC. The molecule has 2 amide bonds. The van der Waals surface area contributed by atoms with Crippen LogP contribution in [-0.2, 0) is 12.6 Å². The third-order valence-corrected chi connectivity index (χ3v) is 4.86. The number of nitrogens with one attached hydrogen (secondary N) is 2. The van der Waals surface area contributed by atoms with Crippen LogP contribution in [0, 0.1) is 5.82 Å². The molecule has 0 atom stereocenters. The Morgan fingerprint density at radius 1 is 1.03 bits per heavy atom. The highest BCUT2D eigenvalue weighted by molar-refractivity contribution is 7.15. The molecule has 31 heavy (non-hydrogen) atoms. The van der Waals surface area contributed by atoms with E-state index in [0.29, 0.717) is 35.1 Å². The standard InChI is InChI=1S/C19H16F4N4O3S/c1-29-14-6-3-10(7-15(14)30-2)8-16-26-27-18(31-16)25-17(28)24-11-4-5-13(20)12(9-11)19(21,22)23/h3-7,9H,8H2,1-2H3,(H2,24,25,27,28). The number of amides is 2. The molecule has 2 N–H and O–H groups in total. The maximum atomic E-state index is 13.3. The maximum absolute atomic E-state index is 13.3. The molecule has 164 valence electrons. The van der Waals surface area contributed by atoms with Crippen molar-refractivity contribution in [3.05, 3.63) is 58.3 Å². The molecule has 2 aromatic carbocycles. The van der Waals surface area contributed by atoms with Gasteiger partial charge in [0.1, 0.15) is 10.8 Å². The molecule has 0 bridgehead atoms. The van der Waals surface area contributed by atoms with E-state index in [2.05, 4.69) is 20.8 Å². The predicted octanol–water partition coefficient (Wildman–Crippen LogP) is 4.95. The number of hydrogen-bond donors (Lipinski definition) is 2. The first kappa shape index (κ1) is 22.3. The molecule has 0 fully saturated rings. The predicted molar refractivity (Wildman–Crippen MR) is 106 cm³/mol. The molecule has 0 spiro atoms. The van der Waals surface area contributed by atoms with Crippen molar-refractivity contribution >= 4 is 28.2 Å². The number of methoxy groups -OCH3 is 2. The summed E-state index contributed by atoms with van der Waals surface area (Å²) < 4.78 is 62.1. The molecule has 0 saturated carbocycles. The Bertz CT molecular complexity index is 1090. The molecule has 0 aliphatic heterocycles. The van der Waals surface area contributed by atoms with Gasteiger partial charge in [-0.25, -0.2) is 9.18 Å². The highest BCUT2D eigenvalue weighted by Crippen LogP contribution is 2.33. The number of rotatable bonds is 6. The van der Waals surface area contributed by atoms with E-state index in [1.807, 2.05) is 6.07 Å². The zero-order valence-electron chi connectivity index (χ0n) is 16.2. The van der Waals surface area contributed by atoms with Gasteiger partial charge in [-0.1, -0.05) is 17.4 Å². The molecule has 0 aliphatic carbocycles. The Kier molecular flexibility index (Phi) is 6.59. The minimum absolute atomic E-state index is 0.145. The lowest BCUT2D eigenvalue weighted by Crippen LogP contribution is -2.20. The van der Waals surface area contributed by atoms with E-state index in [-0.39, 0.29) is 10.8 Å². The summed E-state index contributed by atoms with van der Waals surface area (Å²) in [6.45, 7) is 0. The van der Waals surface area contributed by atoms with Crippen molar-refractivity contribution < 1.29 is 31.8 Å². The molecule has 3 rings (SSSR count). The number of benzene rings is 2. The van der Waals surface area contributed by atoms with Gasteiger partial charge in [0.25, 0.3) is 0 Å². The van der Waals surface area contributed by atoms with Crippen LogP contribution in [0.15, 0.2) is 36.4 Å². The van der Waals surface area contributed by atoms with E-state index in [1.54, 1.807) is 12.1 Å². The lowest BCUT2D eigenvalue weighted by Gasteiger charge is -2.11. The molecule has 3 aromatic rings. The van der Waals surface area contributed by atoms with Crippen LogP contribution in [0.2, 0.25) is 0 Å². The van der Waals surface area contributed by atoms with E-state index >= 15 is 0 Å². The van der Waals surface area contributed by atoms with Gasteiger partial charge in [-0.3, -0.25) is 5.32 Å². The number of ether oxygens (including phenoxy) is 2. The number of carbonyl (C=O) groups is 1. The van der Waals surface area contributed by atoms with Crippen molar-refractivity contribution in [2.24, 2.45) is 0 Å². The average Bonchev–Trinajstić information content (AvgIpc) is 3.14. The van der Waals surface area contributed by atoms with Crippen LogP contribution in [0.4, 0.5) is 33.2 Å². The number of aromatic nitrogens is 2. The maximum Gasteiger partial charge on any atom is 0.419 e. The number of nitrogens with zero attached hydrogens (tertiary/aromatic N) is 2. The second kappa shape index (κ2) is 9.16. The summed E-state index contributed by atoms with van der Waals surface area (Å²) in [5, 5.41) is 13.2. The fourth-order valence-electron chi connectivity index (χ4n) is 2.62. The van der Waals surface area contributed by atoms with E-state index in [4.69, 9.17) is 9.47 Å². The first-order valence-corrected chi connectivity index (χ1v) is 9.49. The topological polar surface area (TPSA) is 85.4 Å². The fourth-order valence-corrected chi connectivity index (χ4v) is 3.39. The van der Waals surface area contributed by atoms with Crippen LogP contribution < -0.4 is 20.1 Å².